The molecule has 6 nitrogen and oxygen atoms in total. The van der Waals surface area contributed by atoms with Crippen molar-refractivity contribution in [3.8, 4) is 33.8 Å². The predicted molar refractivity (Wildman–Crippen MR) is 137 cm³/mol. The van der Waals surface area contributed by atoms with Crippen molar-refractivity contribution in [3.63, 3.8) is 0 Å². The van der Waals surface area contributed by atoms with Gasteiger partial charge in [-0.3, -0.25) is 0 Å². The molecule has 0 unspecified atom stereocenters. The second-order valence-corrected chi connectivity index (χ2v) is 8.55. The van der Waals surface area contributed by atoms with Gasteiger partial charge in [0.15, 0.2) is 0 Å². The van der Waals surface area contributed by atoms with Crippen molar-refractivity contribution in [2.24, 2.45) is 5.92 Å². The van der Waals surface area contributed by atoms with Gasteiger partial charge in [-0.15, -0.1) is 0 Å². The van der Waals surface area contributed by atoms with Crippen molar-refractivity contribution in [1.29, 1.82) is 0 Å². The molecule has 182 valence electrons. The van der Waals surface area contributed by atoms with E-state index in [0.717, 1.165) is 22.3 Å². The number of benzene rings is 4. The number of rotatable bonds is 8. The summed E-state index contributed by atoms with van der Waals surface area (Å²) in [5.74, 6) is -0.680. The maximum atomic E-state index is 12.4. The third kappa shape index (κ3) is 6.30. The first kappa shape index (κ1) is 24.5. The van der Waals surface area contributed by atoms with Gasteiger partial charge in [0.1, 0.15) is 11.5 Å². The van der Waals surface area contributed by atoms with Gasteiger partial charge in [-0.05, 0) is 70.8 Å². The summed E-state index contributed by atoms with van der Waals surface area (Å²) in [4.78, 5) is 24.8. The first-order valence-corrected chi connectivity index (χ1v) is 11.5. The second-order valence-electron chi connectivity index (χ2n) is 8.55. The minimum absolute atomic E-state index is 0.117. The molecule has 0 heterocycles. The minimum atomic E-state index is -0.449. The first-order chi connectivity index (χ1) is 17.4. The van der Waals surface area contributed by atoms with Crippen molar-refractivity contribution in [1.82, 2.24) is 0 Å². The van der Waals surface area contributed by atoms with E-state index in [1.807, 2.05) is 31.2 Å². The van der Waals surface area contributed by atoms with Gasteiger partial charge < -0.3 is 19.7 Å². The monoisotopic (exact) mass is 482 g/mol. The summed E-state index contributed by atoms with van der Waals surface area (Å²) >= 11 is 0. The van der Waals surface area contributed by atoms with Gasteiger partial charge in [-0.2, -0.15) is 0 Å². The van der Waals surface area contributed by atoms with E-state index in [1.54, 1.807) is 72.8 Å². The van der Waals surface area contributed by atoms with Crippen molar-refractivity contribution in [2.75, 3.05) is 13.2 Å². The SMILES string of the molecule is CC(COC(=O)c1ccc(-c2ccc(O)cc2)cc1)COC(=O)c1ccc(-c2ccc(O)cc2)cc1. The molecule has 36 heavy (non-hydrogen) atoms. The highest BCUT2D eigenvalue weighted by Crippen LogP contribution is 2.23. The third-order valence-corrected chi connectivity index (χ3v) is 5.64. The summed E-state index contributed by atoms with van der Waals surface area (Å²) in [6, 6.07) is 27.7. The molecule has 0 saturated carbocycles. The number of hydrogen-bond acceptors (Lipinski definition) is 6. The Labute approximate surface area is 209 Å². The Morgan fingerprint density at radius 2 is 0.833 bits per heavy atom. The number of phenolic OH excluding ortho intramolecular Hbond substituents is 2. The lowest BCUT2D eigenvalue weighted by molar-refractivity contribution is 0.0283. The summed E-state index contributed by atoms with van der Waals surface area (Å²) in [7, 11) is 0. The second kappa shape index (κ2) is 11.2. The van der Waals surface area contributed by atoms with E-state index in [9.17, 15) is 19.8 Å². The number of carbonyl (C=O) groups is 2. The zero-order valence-electron chi connectivity index (χ0n) is 19.8. The van der Waals surface area contributed by atoms with Crippen molar-refractivity contribution in [3.05, 3.63) is 108 Å². The summed E-state index contributed by atoms with van der Waals surface area (Å²) in [6.07, 6.45) is 0. The van der Waals surface area contributed by atoms with Crippen LogP contribution in [0.1, 0.15) is 27.6 Å². The highest BCUT2D eigenvalue weighted by molar-refractivity contribution is 5.90. The maximum Gasteiger partial charge on any atom is 0.338 e. The molecule has 6 heteroatoms. The molecule has 4 rings (SSSR count). The van der Waals surface area contributed by atoms with Crippen LogP contribution in [-0.2, 0) is 9.47 Å². The molecule has 2 N–H and O–H groups in total. The number of aromatic hydroxyl groups is 2. The molecule has 0 radical (unpaired) electrons. The molecule has 0 fully saturated rings. The van der Waals surface area contributed by atoms with E-state index in [0.29, 0.717) is 11.1 Å². The van der Waals surface area contributed by atoms with Crippen LogP contribution in [0.25, 0.3) is 22.3 Å². The Morgan fingerprint density at radius 3 is 1.14 bits per heavy atom. The average Bonchev–Trinajstić information content (AvgIpc) is 2.91. The Morgan fingerprint density at radius 1 is 0.556 bits per heavy atom. The Bertz CT molecular complexity index is 1200. The zero-order valence-corrected chi connectivity index (χ0v) is 19.8. The van der Waals surface area contributed by atoms with Crippen molar-refractivity contribution < 1.29 is 29.3 Å². The standard InChI is InChI=1S/C30H26O6/c1-20(18-35-29(33)25-6-2-21(3-7-25)23-10-14-27(31)15-11-23)19-36-30(34)26-8-4-22(5-9-26)24-12-16-28(32)17-13-24/h2-17,20,31-32H,18-19H2,1H3. The molecule has 0 bridgehead atoms. The molecule has 4 aromatic carbocycles. The van der Waals surface area contributed by atoms with Gasteiger partial charge in [0.05, 0.1) is 24.3 Å². The minimum Gasteiger partial charge on any atom is -0.508 e. The summed E-state index contributed by atoms with van der Waals surface area (Å²) in [5, 5.41) is 18.8. The first-order valence-electron chi connectivity index (χ1n) is 11.5. The fourth-order valence-electron chi connectivity index (χ4n) is 3.56. The largest absolute Gasteiger partial charge is 0.508 e. The molecule has 0 aliphatic rings. The number of esters is 2. The van der Waals surface area contributed by atoms with Crippen LogP contribution in [0, 0.1) is 5.92 Å². The summed E-state index contributed by atoms with van der Waals surface area (Å²) in [5.41, 5.74) is 4.55. The molecular weight excluding hydrogens is 456 g/mol. The normalized spacial score (nSPS) is 10.7. The number of carbonyl (C=O) groups excluding carboxylic acids is 2. The number of phenols is 2. The Kier molecular flexibility index (Phi) is 7.66. The van der Waals surface area contributed by atoms with E-state index in [4.69, 9.17) is 9.47 Å². The van der Waals surface area contributed by atoms with Crippen LogP contribution in [0.15, 0.2) is 97.1 Å². The van der Waals surface area contributed by atoms with Crippen LogP contribution in [0.3, 0.4) is 0 Å². The molecule has 0 spiro atoms. The molecule has 4 aromatic rings. The molecule has 0 amide bonds. The Hall–Kier alpha value is -4.58. The van der Waals surface area contributed by atoms with Crippen molar-refractivity contribution in [2.45, 2.75) is 6.92 Å². The highest BCUT2D eigenvalue weighted by Gasteiger charge is 2.14. The molecular formula is C30H26O6. The third-order valence-electron chi connectivity index (χ3n) is 5.64. The maximum absolute atomic E-state index is 12.4. The molecule has 0 saturated heterocycles. The topological polar surface area (TPSA) is 93.1 Å². The zero-order chi connectivity index (χ0) is 25.5. The van der Waals surface area contributed by atoms with Gasteiger partial charge in [0.2, 0.25) is 0 Å². The van der Waals surface area contributed by atoms with Crippen LogP contribution in [-0.4, -0.2) is 35.4 Å². The van der Waals surface area contributed by atoms with Gasteiger partial charge in [-0.1, -0.05) is 55.5 Å². The van der Waals surface area contributed by atoms with Crippen LogP contribution < -0.4 is 0 Å². The fourth-order valence-corrected chi connectivity index (χ4v) is 3.56. The molecule has 0 aliphatic carbocycles. The smallest absolute Gasteiger partial charge is 0.338 e. The molecule has 0 atom stereocenters. The average molecular weight is 483 g/mol. The number of ether oxygens (including phenoxy) is 2. The van der Waals surface area contributed by atoms with Crippen LogP contribution in [0.4, 0.5) is 0 Å². The van der Waals surface area contributed by atoms with E-state index in [-0.39, 0.29) is 30.6 Å². The Balaban J connectivity index is 1.23. The van der Waals surface area contributed by atoms with Crippen LogP contribution in [0.5, 0.6) is 11.5 Å². The highest BCUT2D eigenvalue weighted by atomic mass is 16.5. The predicted octanol–water partition coefficient (Wildman–Crippen LogP) is 6.08. The van der Waals surface area contributed by atoms with Gasteiger partial charge >= 0.3 is 11.9 Å². The lowest BCUT2D eigenvalue weighted by atomic mass is 10.0. The summed E-state index contributed by atoms with van der Waals surface area (Å²) < 4.78 is 10.8. The van der Waals surface area contributed by atoms with E-state index >= 15 is 0 Å². The van der Waals surface area contributed by atoms with Crippen LogP contribution in [0.2, 0.25) is 0 Å². The van der Waals surface area contributed by atoms with Crippen LogP contribution >= 0.6 is 0 Å². The molecule has 0 aliphatic heterocycles. The lowest BCUT2D eigenvalue weighted by Gasteiger charge is -2.13. The molecule has 0 aromatic heterocycles. The van der Waals surface area contributed by atoms with E-state index < -0.39 is 11.9 Å². The number of hydrogen-bond donors (Lipinski definition) is 2. The lowest BCUT2D eigenvalue weighted by Crippen LogP contribution is -2.18. The van der Waals surface area contributed by atoms with Gasteiger partial charge in [0, 0.05) is 5.92 Å². The van der Waals surface area contributed by atoms with E-state index in [2.05, 4.69) is 0 Å². The quantitative estimate of drug-likeness (QED) is 0.296. The summed E-state index contributed by atoms with van der Waals surface area (Å²) in [6.45, 7) is 2.07. The van der Waals surface area contributed by atoms with Gasteiger partial charge in [-0.25, -0.2) is 9.59 Å². The van der Waals surface area contributed by atoms with Crippen molar-refractivity contribution >= 4 is 11.9 Å². The van der Waals surface area contributed by atoms with E-state index in [1.165, 1.54) is 0 Å². The fraction of sp³-hybridized carbons (Fsp3) is 0.133. The van der Waals surface area contributed by atoms with Gasteiger partial charge in [0.25, 0.3) is 0 Å².